The molecule has 0 saturated heterocycles. The number of benzene rings is 1. The summed E-state index contributed by atoms with van der Waals surface area (Å²) in [5, 5.41) is 5.19. The molecule has 0 aliphatic heterocycles. The second-order valence-electron chi connectivity index (χ2n) is 5.47. The second kappa shape index (κ2) is 8.18. The van der Waals surface area contributed by atoms with Gasteiger partial charge in [-0.25, -0.2) is 9.37 Å². The number of aromatic nitrogens is 1. The maximum absolute atomic E-state index is 13.0. The van der Waals surface area contributed by atoms with Crippen LogP contribution in [0, 0.1) is 5.82 Å². The molecule has 130 valence electrons. The number of hydrogen-bond acceptors (Lipinski definition) is 5. The summed E-state index contributed by atoms with van der Waals surface area (Å²) < 4.78 is 14.1. The van der Waals surface area contributed by atoms with Crippen molar-refractivity contribution in [3.8, 4) is 11.3 Å². The molecule has 0 aliphatic rings. The molecule has 1 aromatic carbocycles. The van der Waals surface area contributed by atoms with E-state index in [1.54, 1.807) is 23.5 Å². The lowest BCUT2D eigenvalue weighted by molar-refractivity contribution is -0.117. The highest BCUT2D eigenvalue weighted by Gasteiger charge is 2.11. The van der Waals surface area contributed by atoms with E-state index < -0.39 is 0 Å². The van der Waals surface area contributed by atoms with Gasteiger partial charge in [0.15, 0.2) is 5.13 Å². The molecule has 4 nitrogen and oxygen atoms in total. The first kappa shape index (κ1) is 18.2. The van der Waals surface area contributed by atoms with Gasteiger partial charge in [0.05, 0.1) is 16.0 Å². The normalized spacial score (nSPS) is 11.0. The van der Waals surface area contributed by atoms with E-state index in [0.29, 0.717) is 11.7 Å². The van der Waals surface area contributed by atoms with Crippen molar-refractivity contribution >= 4 is 49.6 Å². The summed E-state index contributed by atoms with van der Waals surface area (Å²) in [6.45, 7) is 0.989. The van der Waals surface area contributed by atoms with Crippen LogP contribution in [0.4, 0.5) is 9.52 Å². The Balaban J connectivity index is 1.55. The number of anilines is 1. The summed E-state index contributed by atoms with van der Waals surface area (Å²) >= 11 is 6.44. The molecule has 0 saturated carbocycles. The zero-order chi connectivity index (χ0) is 17.8. The fraction of sp³-hybridized carbons (Fsp3) is 0.176. The molecule has 3 rings (SSSR count). The molecular weight excluding hydrogens is 425 g/mol. The highest BCUT2D eigenvalue weighted by molar-refractivity contribution is 9.11. The SMILES string of the molecule is CN(CC(=O)Nc1nc(-c2ccc(F)cc2)cs1)Cc1ccc(Br)s1. The van der Waals surface area contributed by atoms with Crippen LogP contribution in [0.25, 0.3) is 11.3 Å². The van der Waals surface area contributed by atoms with Crippen LogP contribution in [0.3, 0.4) is 0 Å². The number of hydrogen-bond donors (Lipinski definition) is 1. The van der Waals surface area contributed by atoms with Crippen LogP contribution in [0.1, 0.15) is 4.88 Å². The molecule has 0 unspecified atom stereocenters. The summed E-state index contributed by atoms with van der Waals surface area (Å²) in [5.74, 6) is -0.397. The minimum atomic E-state index is -0.284. The van der Waals surface area contributed by atoms with E-state index >= 15 is 0 Å². The average Bonchev–Trinajstić information content (AvgIpc) is 3.17. The highest BCUT2D eigenvalue weighted by atomic mass is 79.9. The Bertz CT molecular complexity index is 863. The average molecular weight is 440 g/mol. The van der Waals surface area contributed by atoms with Crippen LogP contribution >= 0.6 is 38.6 Å². The third-order valence-electron chi connectivity index (χ3n) is 3.36. The van der Waals surface area contributed by atoms with Gasteiger partial charge >= 0.3 is 0 Å². The van der Waals surface area contributed by atoms with Crippen LogP contribution in [0.5, 0.6) is 0 Å². The lowest BCUT2D eigenvalue weighted by Gasteiger charge is -2.14. The van der Waals surface area contributed by atoms with E-state index in [-0.39, 0.29) is 18.3 Å². The number of nitrogens with one attached hydrogen (secondary N) is 1. The Kier molecular flexibility index (Phi) is 5.95. The van der Waals surface area contributed by atoms with Crippen molar-refractivity contribution in [1.29, 1.82) is 0 Å². The van der Waals surface area contributed by atoms with E-state index in [1.165, 1.54) is 28.3 Å². The summed E-state index contributed by atoms with van der Waals surface area (Å²) in [6, 6.07) is 10.2. The molecule has 2 heterocycles. The Morgan fingerprint density at radius 1 is 1.28 bits per heavy atom. The smallest absolute Gasteiger partial charge is 0.240 e. The number of thiophene rings is 1. The van der Waals surface area contributed by atoms with Crippen molar-refractivity contribution in [2.24, 2.45) is 0 Å². The molecule has 0 atom stereocenters. The molecule has 3 aromatic rings. The Morgan fingerprint density at radius 2 is 2.04 bits per heavy atom. The second-order valence-corrected chi connectivity index (χ2v) is 8.88. The lowest BCUT2D eigenvalue weighted by Crippen LogP contribution is -2.29. The standard InChI is InChI=1S/C17H15BrFN3OS2/c1-22(8-13-6-7-15(18)25-13)9-16(23)21-17-20-14(10-24-17)11-2-4-12(19)5-3-11/h2-7,10H,8-9H2,1H3,(H,20,21,23). The van der Waals surface area contributed by atoms with Gasteiger partial charge in [0.25, 0.3) is 0 Å². The van der Waals surface area contributed by atoms with Gasteiger partial charge in [0, 0.05) is 22.4 Å². The zero-order valence-electron chi connectivity index (χ0n) is 13.3. The summed E-state index contributed by atoms with van der Waals surface area (Å²) in [6.07, 6.45) is 0. The van der Waals surface area contributed by atoms with Crippen molar-refractivity contribution in [2.75, 3.05) is 18.9 Å². The summed E-state index contributed by atoms with van der Waals surface area (Å²) in [4.78, 5) is 19.7. The maximum Gasteiger partial charge on any atom is 0.240 e. The van der Waals surface area contributed by atoms with Gasteiger partial charge in [-0.15, -0.1) is 22.7 Å². The number of rotatable bonds is 6. The van der Waals surface area contributed by atoms with Gasteiger partial charge in [-0.3, -0.25) is 9.69 Å². The highest BCUT2D eigenvalue weighted by Crippen LogP contribution is 2.25. The van der Waals surface area contributed by atoms with Crippen molar-refractivity contribution in [1.82, 2.24) is 9.88 Å². The van der Waals surface area contributed by atoms with Gasteiger partial charge in [-0.1, -0.05) is 0 Å². The van der Waals surface area contributed by atoms with Crippen molar-refractivity contribution < 1.29 is 9.18 Å². The largest absolute Gasteiger partial charge is 0.301 e. The topological polar surface area (TPSA) is 45.2 Å². The van der Waals surface area contributed by atoms with Gasteiger partial charge in [0.2, 0.25) is 5.91 Å². The number of halogens is 2. The first-order valence-corrected chi connectivity index (χ1v) is 9.92. The molecule has 0 bridgehead atoms. The van der Waals surface area contributed by atoms with Crippen molar-refractivity contribution in [3.63, 3.8) is 0 Å². The quantitative estimate of drug-likeness (QED) is 0.597. The third-order valence-corrected chi connectivity index (χ3v) is 5.72. The molecule has 0 aliphatic carbocycles. The first-order valence-electron chi connectivity index (χ1n) is 7.43. The molecule has 8 heteroatoms. The fourth-order valence-corrected chi connectivity index (χ4v) is 4.55. The number of thiazole rings is 1. The number of carbonyl (C=O) groups excluding carboxylic acids is 1. The Labute approximate surface area is 161 Å². The fourth-order valence-electron chi connectivity index (χ4n) is 2.25. The monoisotopic (exact) mass is 439 g/mol. The van der Waals surface area contributed by atoms with Gasteiger partial charge in [-0.2, -0.15) is 0 Å². The number of likely N-dealkylation sites (N-methyl/N-ethyl adjacent to an activating group) is 1. The van der Waals surface area contributed by atoms with E-state index in [2.05, 4.69) is 26.2 Å². The minimum absolute atomic E-state index is 0.113. The first-order chi connectivity index (χ1) is 12.0. The minimum Gasteiger partial charge on any atom is -0.301 e. The number of nitrogens with zero attached hydrogens (tertiary/aromatic N) is 2. The van der Waals surface area contributed by atoms with Crippen LogP contribution in [-0.2, 0) is 11.3 Å². The maximum atomic E-state index is 13.0. The van der Waals surface area contributed by atoms with Crippen LogP contribution in [-0.4, -0.2) is 29.4 Å². The molecule has 1 amide bonds. The molecule has 0 radical (unpaired) electrons. The van der Waals surface area contributed by atoms with Crippen molar-refractivity contribution in [2.45, 2.75) is 6.54 Å². The predicted octanol–water partition coefficient (Wildman–Crippen LogP) is 4.84. The molecule has 2 aromatic heterocycles. The third kappa shape index (κ3) is 5.18. The van der Waals surface area contributed by atoms with E-state index in [0.717, 1.165) is 15.0 Å². The number of amides is 1. The zero-order valence-corrected chi connectivity index (χ0v) is 16.5. The summed E-state index contributed by atoms with van der Waals surface area (Å²) in [7, 11) is 1.90. The molecule has 0 fully saturated rings. The molecular formula is C17H15BrFN3OS2. The Morgan fingerprint density at radius 3 is 2.72 bits per heavy atom. The molecule has 1 N–H and O–H groups in total. The van der Waals surface area contributed by atoms with E-state index in [1.807, 2.05) is 29.5 Å². The van der Waals surface area contributed by atoms with Crippen LogP contribution < -0.4 is 5.32 Å². The van der Waals surface area contributed by atoms with E-state index in [9.17, 15) is 9.18 Å². The lowest BCUT2D eigenvalue weighted by atomic mass is 10.2. The van der Waals surface area contributed by atoms with Gasteiger partial charge < -0.3 is 5.32 Å². The van der Waals surface area contributed by atoms with Gasteiger partial charge in [-0.05, 0) is 59.4 Å². The van der Waals surface area contributed by atoms with Crippen LogP contribution in [0.15, 0.2) is 45.6 Å². The number of carbonyl (C=O) groups is 1. The molecule has 0 spiro atoms. The van der Waals surface area contributed by atoms with Crippen LogP contribution in [0.2, 0.25) is 0 Å². The predicted molar refractivity (Wildman–Crippen MR) is 104 cm³/mol. The molecule has 25 heavy (non-hydrogen) atoms. The Hall–Kier alpha value is -1.61. The summed E-state index contributed by atoms with van der Waals surface area (Å²) in [5.41, 5.74) is 1.54. The van der Waals surface area contributed by atoms with E-state index in [4.69, 9.17) is 0 Å². The van der Waals surface area contributed by atoms with Crippen molar-refractivity contribution in [3.05, 3.63) is 56.3 Å². The van der Waals surface area contributed by atoms with Gasteiger partial charge in [0.1, 0.15) is 5.82 Å².